The number of fused-ring (bicyclic) bond motifs is 1. The molecule has 0 saturated heterocycles. The zero-order valence-corrected chi connectivity index (χ0v) is 12.1. The predicted octanol–water partition coefficient (Wildman–Crippen LogP) is 2.90. The lowest BCUT2D eigenvalue weighted by atomic mass is 10.1. The first-order chi connectivity index (χ1) is 9.15. The van der Waals surface area contributed by atoms with E-state index in [-0.39, 0.29) is 5.56 Å². The molecule has 5 heteroatoms. The molecule has 0 atom stereocenters. The molecule has 1 aliphatic rings. The molecule has 0 bridgehead atoms. The first-order valence-electron chi connectivity index (χ1n) is 6.13. The molecule has 2 heterocycles. The lowest BCUT2D eigenvalue weighted by Gasteiger charge is -2.08. The molecule has 0 spiro atoms. The van der Waals surface area contributed by atoms with E-state index >= 15 is 0 Å². The molecule has 0 fully saturated rings. The third kappa shape index (κ3) is 2.42. The van der Waals surface area contributed by atoms with Crippen LogP contribution in [0.5, 0.6) is 0 Å². The van der Waals surface area contributed by atoms with Gasteiger partial charge in [0.15, 0.2) is 5.16 Å². The second-order valence-electron chi connectivity index (χ2n) is 4.63. The van der Waals surface area contributed by atoms with E-state index in [0.29, 0.717) is 17.1 Å². The summed E-state index contributed by atoms with van der Waals surface area (Å²) in [5.41, 5.74) is 2.88. The van der Waals surface area contributed by atoms with Gasteiger partial charge in [-0.1, -0.05) is 53.2 Å². The van der Waals surface area contributed by atoms with Gasteiger partial charge in [-0.25, -0.2) is 4.98 Å². The van der Waals surface area contributed by atoms with Crippen LogP contribution in [-0.2, 0) is 13.0 Å². The van der Waals surface area contributed by atoms with Crippen LogP contribution < -0.4 is 5.56 Å². The summed E-state index contributed by atoms with van der Waals surface area (Å²) < 4.78 is 1.72. The van der Waals surface area contributed by atoms with Crippen LogP contribution in [0.3, 0.4) is 0 Å². The summed E-state index contributed by atoms with van der Waals surface area (Å²) in [6, 6.07) is 8.13. The van der Waals surface area contributed by atoms with Gasteiger partial charge in [-0.05, 0) is 12.5 Å². The maximum absolute atomic E-state index is 12.4. The number of thioether (sulfide) groups is 1. The summed E-state index contributed by atoms with van der Waals surface area (Å²) in [4.78, 5) is 16.7. The number of aryl methyl sites for hydroxylation is 1. The number of hydrogen-bond acceptors (Lipinski definition) is 3. The van der Waals surface area contributed by atoms with Gasteiger partial charge in [0.25, 0.3) is 5.56 Å². The highest BCUT2D eigenvalue weighted by atomic mass is 35.5. The summed E-state index contributed by atoms with van der Waals surface area (Å²) in [6.07, 6.45) is 0.538. The third-order valence-corrected chi connectivity index (χ3v) is 4.49. The van der Waals surface area contributed by atoms with E-state index in [0.717, 1.165) is 23.0 Å². The monoisotopic (exact) mass is 292 g/mol. The van der Waals surface area contributed by atoms with Gasteiger partial charge in [0.1, 0.15) is 5.15 Å². The number of nitrogens with zero attached hydrogens (tertiary/aromatic N) is 2. The molecule has 0 radical (unpaired) electrons. The number of hydrogen-bond donors (Lipinski definition) is 0. The maximum atomic E-state index is 12.4. The minimum Gasteiger partial charge on any atom is -0.286 e. The fraction of sp³-hybridized carbons (Fsp3) is 0.286. The van der Waals surface area contributed by atoms with Gasteiger partial charge < -0.3 is 0 Å². The Labute approximate surface area is 120 Å². The van der Waals surface area contributed by atoms with E-state index in [1.807, 2.05) is 31.2 Å². The summed E-state index contributed by atoms with van der Waals surface area (Å²) >= 11 is 7.74. The quantitative estimate of drug-likeness (QED) is 0.630. The molecule has 3 nitrogen and oxygen atoms in total. The number of benzene rings is 1. The van der Waals surface area contributed by atoms with Crippen molar-refractivity contribution in [1.29, 1.82) is 0 Å². The maximum Gasteiger partial charge on any atom is 0.259 e. The molecule has 0 unspecified atom stereocenters. The summed E-state index contributed by atoms with van der Waals surface area (Å²) in [5.74, 6) is 0.895. The Morgan fingerprint density at radius 2 is 2.11 bits per heavy atom. The van der Waals surface area contributed by atoms with Gasteiger partial charge in [-0.2, -0.15) is 0 Å². The topological polar surface area (TPSA) is 34.9 Å². The highest BCUT2D eigenvalue weighted by Crippen LogP contribution is 2.25. The number of halogens is 1. The number of aromatic nitrogens is 2. The smallest absolute Gasteiger partial charge is 0.259 e. The van der Waals surface area contributed by atoms with E-state index < -0.39 is 0 Å². The van der Waals surface area contributed by atoms with E-state index in [9.17, 15) is 4.79 Å². The molecule has 0 N–H and O–H groups in total. The standard InChI is InChI=1S/C14H13ClN2OS/c1-9-2-4-10(5-3-9)8-11-12(15)16-14-17(13(11)18)6-7-19-14/h2-5H,6-8H2,1H3. The Morgan fingerprint density at radius 3 is 2.84 bits per heavy atom. The summed E-state index contributed by atoms with van der Waals surface area (Å²) in [5, 5.41) is 1.08. The van der Waals surface area contributed by atoms with Crippen LogP contribution >= 0.6 is 23.4 Å². The van der Waals surface area contributed by atoms with Gasteiger partial charge >= 0.3 is 0 Å². The van der Waals surface area contributed by atoms with Gasteiger partial charge in [0, 0.05) is 18.7 Å². The van der Waals surface area contributed by atoms with E-state index in [1.54, 1.807) is 16.3 Å². The van der Waals surface area contributed by atoms with Crippen molar-refractivity contribution in [1.82, 2.24) is 9.55 Å². The zero-order chi connectivity index (χ0) is 13.4. The average Bonchev–Trinajstić information content (AvgIpc) is 2.85. The van der Waals surface area contributed by atoms with E-state index in [2.05, 4.69) is 4.98 Å². The van der Waals surface area contributed by atoms with Crippen molar-refractivity contribution in [3.63, 3.8) is 0 Å². The lowest BCUT2D eigenvalue weighted by molar-refractivity contribution is 0.646. The van der Waals surface area contributed by atoms with Crippen LogP contribution in [-0.4, -0.2) is 15.3 Å². The van der Waals surface area contributed by atoms with Crippen molar-refractivity contribution in [2.45, 2.75) is 25.0 Å². The fourth-order valence-corrected chi connectivity index (χ4v) is 3.36. The summed E-state index contributed by atoms with van der Waals surface area (Å²) in [6.45, 7) is 2.77. The Morgan fingerprint density at radius 1 is 1.37 bits per heavy atom. The molecule has 19 heavy (non-hydrogen) atoms. The van der Waals surface area contributed by atoms with Crippen molar-refractivity contribution in [3.8, 4) is 0 Å². The zero-order valence-electron chi connectivity index (χ0n) is 10.5. The van der Waals surface area contributed by atoms with Crippen molar-refractivity contribution < 1.29 is 0 Å². The minimum absolute atomic E-state index is 0.000532. The van der Waals surface area contributed by atoms with E-state index in [4.69, 9.17) is 11.6 Å². The highest BCUT2D eigenvalue weighted by molar-refractivity contribution is 7.99. The Kier molecular flexibility index (Phi) is 3.37. The van der Waals surface area contributed by atoms with E-state index in [1.165, 1.54) is 5.56 Å². The molecule has 3 rings (SSSR count). The van der Waals surface area contributed by atoms with Crippen molar-refractivity contribution in [3.05, 3.63) is 56.5 Å². The Hall–Kier alpha value is -1.26. The molecule has 1 aliphatic heterocycles. The molecule has 98 valence electrons. The molecular formula is C14H13ClN2OS. The molecule has 2 aromatic rings. The van der Waals surface area contributed by atoms with Crippen LogP contribution in [0.1, 0.15) is 16.7 Å². The molecule has 1 aromatic heterocycles. The number of rotatable bonds is 2. The van der Waals surface area contributed by atoms with Crippen LogP contribution in [0.15, 0.2) is 34.2 Å². The van der Waals surface area contributed by atoms with Crippen LogP contribution in [0.2, 0.25) is 5.15 Å². The Balaban J connectivity index is 2.02. The van der Waals surface area contributed by atoms with Crippen LogP contribution in [0, 0.1) is 6.92 Å². The van der Waals surface area contributed by atoms with Gasteiger partial charge in [-0.3, -0.25) is 9.36 Å². The normalized spacial score (nSPS) is 13.6. The Bertz CT molecular complexity index is 679. The first-order valence-corrected chi connectivity index (χ1v) is 7.49. The minimum atomic E-state index is 0.000532. The molecule has 0 amide bonds. The largest absolute Gasteiger partial charge is 0.286 e. The van der Waals surface area contributed by atoms with Gasteiger partial charge in [-0.15, -0.1) is 0 Å². The molecule has 0 saturated carbocycles. The fourth-order valence-electron chi connectivity index (χ4n) is 2.14. The highest BCUT2D eigenvalue weighted by Gasteiger charge is 2.19. The second kappa shape index (κ2) is 5.02. The predicted molar refractivity (Wildman–Crippen MR) is 78.2 cm³/mol. The van der Waals surface area contributed by atoms with Gasteiger partial charge in [0.2, 0.25) is 0 Å². The third-order valence-electron chi connectivity index (χ3n) is 3.22. The average molecular weight is 293 g/mol. The van der Waals surface area contributed by atoms with Crippen molar-refractivity contribution >= 4 is 23.4 Å². The SMILES string of the molecule is Cc1ccc(Cc2c(Cl)nc3n(c2=O)CCS3)cc1. The lowest BCUT2D eigenvalue weighted by Crippen LogP contribution is -2.25. The van der Waals surface area contributed by atoms with Crippen molar-refractivity contribution in [2.24, 2.45) is 0 Å². The first kappa shape index (κ1) is 12.8. The summed E-state index contributed by atoms with van der Waals surface area (Å²) in [7, 11) is 0. The van der Waals surface area contributed by atoms with Crippen LogP contribution in [0.4, 0.5) is 0 Å². The molecule has 0 aliphatic carbocycles. The van der Waals surface area contributed by atoms with Gasteiger partial charge in [0.05, 0.1) is 5.56 Å². The molecule has 1 aromatic carbocycles. The van der Waals surface area contributed by atoms with Crippen molar-refractivity contribution in [2.75, 3.05) is 5.75 Å². The van der Waals surface area contributed by atoms with Crippen LogP contribution in [0.25, 0.3) is 0 Å². The second-order valence-corrected chi connectivity index (χ2v) is 6.05. The molecular weight excluding hydrogens is 280 g/mol.